The fourth-order valence-corrected chi connectivity index (χ4v) is 2.89. The van der Waals surface area contributed by atoms with E-state index in [-0.39, 0.29) is 18.4 Å². The van der Waals surface area contributed by atoms with Gasteiger partial charge in [-0.15, -0.1) is 0 Å². The van der Waals surface area contributed by atoms with Gasteiger partial charge >= 0.3 is 0 Å². The molecule has 1 N–H and O–H groups in total. The largest absolute Gasteiger partial charge is 0.488 e. The third kappa shape index (κ3) is 4.03. The van der Waals surface area contributed by atoms with E-state index < -0.39 is 11.9 Å². The lowest BCUT2D eigenvalue weighted by atomic mass is 10.2. The number of benzene rings is 1. The lowest BCUT2D eigenvalue weighted by molar-refractivity contribution is 0.0614. The first-order valence-corrected chi connectivity index (χ1v) is 7.80. The molecule has 1 aliphatic rings. The number of β-amino-alcohol motifs (C(OH)–C–C–N with tert-alkyl or cyclic N) is 1. The Bertz CT molecular complexity index is 626. The number of likely N-dealkylation sites (tertiary alicyclic amines) is 1. The average molecular weight is 317 g/mol. The van der Waals surface area contributed by atoms with Gasteiger partial charge in [0.2, 0.25) is 0 Å². The molecule has 0 amide bonds. The number of aromatic nitrogens is 2. The van der Waals surface area contributed by atoms with E-state index in [1.54, 1.807) is 36.7 Å². The van der Waals surface area contributed by atoms with Crippen LogP contribution in [0.3, 0.4) is 0 Å². The van der Waals surface area contributed by atoms with Crippen LogP contribution in [0.4, 0.5) is 4.39 Å². The minimum absolute atomic E-state index is 0.0554. The summed E-state index contributed by atoms with van der Waals surface area (Å²) in [5.41, 5.74) is 0. The van der Waals surface area contributed by atoms with E-state index in [9.17, 15) is 9.50 Å². The monoisotopic (exact) mass is 317 g/mol. The lowest BCUT2D eigenvalue weighted by Crippen LogP contribution is -2.35. The van der Waals surface area contributed by atoms with Crippen LogP contribution in [0.25, 0.3) is 0 Å². The molecule has 5 nitrogen and oxygen atoms in total. The van der Waals surface area contributed by atoms with Crippen molar-refractivity contribution in [3.05, 3.63) is 54.4 Å². The molecule has 0 spiro atoms. The van der Waals surface area contributed by atoms with Crippen molar-refractivity contribution in [1.82, 2.24) is 14.9 Å². The first-order valence-electron chi connectivity index (χ1n) is 7.80. The molecule has 1 saturated heterocycles. The van der Waals surface area contributed by atoms with Crippen LogP contribution in [0.1, 0.15) is 24.7 Å². The Morgan fingerprint density at radius 1 is 1.26 bits per heavy atom. The van der Waals surface area contributed by atoms with Gasteiger partial charge in [0.05, 0.1) is 6.04 Å². The van der Waals surface area contributed by atoms with Gasteiger partial charge in [0.1, 0.15) is 18.5 Å². The van der Waals surface area contributed by atoms with Gasteiger partial charge in [-0.05, 0) is 37.6 Å². The molecule has 122 valence electrons. The van der Waals surface area contributed by atoms with Crippen LogP contribution >= 0.6 is 0 Å². The highest BCUT2D eigenvalue weighted by atomic mass is 19.1. The molecule has 1 fully saturated rings. The van der Waals surface area contributed by atoms with Gasteiger partial charge in [-0.3, -0.25) is 4.90 Å². The molecule has 2 heterocycles. The van der Waals surface area contributed by atoms with Crippen molar-refractivity contribution in [2.75, 3.05) is 19.7 Å². The first-order chi connectivity index (χ1) is 11.2. The van der Waals surface area contributed by atoms with Gasteiger partial charge < -0.3 is 9.84 Å². The Morgan fingerprint density at radius 2 is 2.04 bits per heavy atom. The summed E-state index contributed by atoms with van der Waals surface area (Å²) < 4.78 is 18.9. The van der Waals surface area contributed by atoms with Gasteiger partial charge in [0.25, 0.3) is 0 Å². The van der Waals surface area contributed by atoms with Crippen molar-refractivity contribution >= 4 is 0 Å². The molecule has 0 radical (unpaired) electrons. The molecular formula is C17H20FN3O2. The van der Waals surface area contributed by atoms with Crippen LogP contribution in [0.15, 0.2) is 42.7 Å². The molecule has 2 atom stereocenters. The smallest absolute Gasteiger partial charge is 0.165 e. The highest BCUT2D eigenvalue weighted by molar-refractivity contribution is 5.23. The molecule has 0 bridgehead atoms. The summed E-state index contributed by atoms with van der Waals surface area (Å²) in [6, 6.07) is 8.12. The zero-order chi connectivity index (χ0) is 16.1. The Labute approximate surface area is 134 Å². The van der Waals surface area contributed by atoms with Crippen LogP contribution in [0, 0.1) is 5.82 Å². The molecule has 23 heavy (non-hydrogen) atoms. The summed E-state index contributed by atoms with van der Waals surface area (Å²) in [6.07, 6.45) is 4.79. The Kier molecular flexibility index (Phi) is 5.15. The second kappa shape index (κ2) is 7.48. The summed E-state index contributed by atoms with van der Waals surface area (Å²) >= 11 is 0. The normalized spacial score (nSPS) is 19.7. The number of rotatable bonds is 6. The number of para-hydroxylation sites is 1. The van der Waals surface area contributed by atoms with E-state index in [0.717, 1.165) is 25.2 Å². The number of aliphatic hydroxyl groups is 1. The average Bonchev–Trinajstić information content (AvgIpc) is 3.03. The standard InChI is InChI=1S/C17H20FN3O2/c18-14-5-1-2-7-16(14)23-12-13(22)11-21-10-3-6-15(21)17-19-8-4-9-20-17/h1-2,4-5,7-9,13,15,22H,3,6,10-12H2. The zero-order valence-electron chi connectivity index (χ0n) is 12.8. The van der Waals surface area contributed by atoms with Crippen molar-refractivity contribution in [2.45, 2.75) is 25.0 Å². The predicted octanol–water partition coefficient (Wildman–Crippen LogP) is 2.19. The highest BCUT2D eigenvalue weighted by Crippen LogP contribution is 2.29. The van der Waals surface area contributed by atoms with E-state index in [2.05, 4.69) is 14.9 Å². The summed E-state index contributed by atoms with van der Waals surface area (Å²) in [7, 11) is 0. The Hall–Kier alpha value is -2.05. The fourth-order valence-electron chi connectivity index (χ4n) is 2.89. The maximum Gasteiger partial charge on any atom is 0.165 e. The van der Waals surface area contributed by atoms with Crippen molar-refractivity contribution in [2.24, 2.45) is 0 Å². The van der Waals surface area contributed by atoms with E-state index in [1.165, 1.54) is 6.07 Å². The highest BCUT2D eigenvalue weighted by Gasteiger charge is 2.29. The summed E-state index contributed by atoms with van der Waals surface area (Å²) in [4.78, 5) is 10.8. The quantitative estimate of drug-likeness (QED) is 0.885. The molecule has 1 aliphatic heterocycles. The van der Waals surface area contributed by atoms with Gasteiger partial charge in [0.15, 0.2) is 11.6 Å². The Balaban J connectivity index is 1.55. The number of hydrogen-bond acceptors (Lipinski definition) is 5. The second-order valence-corrected chi connectivity index (χ2v) is 5.66. The van der Waals surface area contributed by atoms with Gasteiger partial charge in [-0.2, -0.15) is 0 Å². The predicted molar refractivity (Wildman–Crippen MR) is 83.5 cm³/mol. The maximum absolute atomic E-state index is 13.5. The summed E-state index contributed by atoms with van der Waals surface area (Å²) in [5.74, 6) is 0.527. The maximum atomic E-state index is 13.5. The minimum atomic E-state index is -0.695. The minimum Gasteiger partial charge on any atom is -0.488 e. The SMILES string of the molecule is OC(COc1ccccc1F)CN1CCCC1c1ncccn1. The molecule has 0 aliphatic carbocycles. The van der Waals surface area contributed by atoms with E-state index >= 15 is 0 Å². The topological polar surface area (TPSA) is 58.5 Å². The molecule has 0 saturated carbocycles. The van der Waals surface area contributed by atoms with Crippen molar-refractivity contribution < 1.29 is 14.2 Å². The molecule has 1 aromatic carbocycles. The number of nitrogens with zero attached hydrogens (tertiary/aromatic N) is 3. The van der Waals surface area contributed by atoms with Gasteiger partial charge in [-0.25, -0.2) is 14.4 Å². The van der Waals surface area contributed by atoms with Crippen LogP contribution in [0.5, 0.6) is 5.75 Å². The Morgan fingerprint density at radius 3 is 2.83 bits per heavy atom. The van der Waals surface area contributed by atoms with Crippen LogP contribution < -0.4 is 4.74 Å². The third-order valence-corrected chi connectivity index (χ3v) is 3.96. The van der Waals surface area contributed by atoms with E-state index in [0.29, 0.717) is 6.54 Å². The number of aliphatic hydroxyl groups excluding tert-OH is 1. The molecule has 3 rings (SSSR count). The molecule has 6 heteroatoms. The van der Waals surface area contributed by atoms with Crippen molar-refractivity contribution in [3.8, 4) is 5.75 Å². The van der Waals surface area contributed by atoms with E-state index in [1.807, 2.05) is 0 Å². The molecule has 2 unspecified atom stereocenters. The van der Waals surface area contributed by atoms with Gasteiger partial charge in [0, 0.05) is 18.9 Å². The van der Waals surface area contributed by atoms with E-state index in [4.69, 9.17) is 4.74 Å². The first kappa shape index (κ1) is 15.8. The summed E-state index contributed by atoms with van der Waals surface area (Å²) in [6.45, 7) is 1.40. The van der Waals surface area contributed by atoms with Crippen molar-refractivity contribution in [1.29, 1.82) is 0 Å². The number of halogens is 1. The van der Waals surface area contributed by atoms with Gasteiger partial charge in [-0.1, -0.05) is 12.1 Å². The fraction of sp³-hybridized carbons (Fsp3) is 0.412. The lowest BCUT2D eigenvalue weighted by Gasteiger charge is -2.25. The second-order valence-electron chi connectivity index (χ2n) is 5.66. The van der Waals surface area contributed by atoms with Crippen LogP contribution in [-0.4, -0.2) is 45.8 Å². The van der Waals surface area contributed by atoms with Crippen LogP contribution in [0.2, 0.25) is 0 Å². The molecule has 2 aromatic rings. The third-order valence-electron chi connectivity index (χ3n) is 3.96. The van der Waals surface area contributed by atoms with Crippen LogP contribution in [-0.2, 0) is 0 Å². The molecular weight excluding hydrogens is 297 g/mol. The summed E-state index contributed by atoms with van der Waals surface area (Å²) in [5, 5.41) is 10.2. The zero-order valence-corrected chi connectivity index (χ0v) is 12.8. The van der Waals surface area contributed by atoms with Crippen molar-refractivity contribution in [3.63, 3.8) is 0 Å². The number of ether oxygens (including phenoxy) is 1. The molecule has 1 aromatic heterocycles. The number of hydrogen-bond donors (Lipinski definition) is 1.